The molecular formula is C79H86Cl6F2N10O12S2. The van der Waals surface area contributed by atoms with Crippen LogP contribution < -0.4 is 29.1 Å². The number of methoxy groups -OCH3 is 4. The fourth-order valence-electron chi connectivity index (χ4n) is 15.7. The molecule has 6 aromatic carbocycles. The van der Waals surface area contributed by atoms with Crippen molar-refractivity contribution in [3.8, 4) is 11.5 Å². The van der Waals surface area contributed by atoms with Crippen molar-refractivity contribution in [2.24, 2.45) is 23.7 Å². The number of sulfonamides is 2. The summed E-state index contributed by atoms with van der Waals surface area (Å²) in [5.41, 5.74) is 8.05. The van der Waals surface area contributed by atoms with Crippen molar-refractivity contribution in [3.63, 3.8) is 0 Å². The highest BCUT2D eigenvalue weighted by Gasteiger charge is 2.79. The summed E-state index contributed by atoms with van der Waals surface area (Å²) in [6.45, 7) is 5.64. The van der Waals surface area contributed by atoms with Crippen LogP contribution in [-0.4, -0.2) is 160 Å². The lowest BCUT2D eigenvalue weighted by Gasteiger charge is -2.40. The Balaban J connectivity index is 0.000000186. The molecule has 0 amide bonds. The van der Waals surface area contributed by atoms with Crippen LogP contribution >= 0.6 is 69.6 Å². The average Bonchev–Trinajstić information content (AvgIpc) is 1.50. The molecule has 4 saturated carbocycles. The number of ether oxygens (including phenoxy) is 4. The number of alkyl halides is 4. The van der Waals surface area contributed by atoms with Gasteiger partial charge in [-0.1, -0.05) is 119 Å². The molecule has 4 fully saturated rings. The van der Waals surface area contributed by atoms with E-state index in [1.807, 2.05) is 97.5 Å². The number of fused-ring (bicyclic) bond motifs is 2. The molecule has 22 nitrogen and oxygen atoms in total. The first kappa shape index (κ1) is 85.3. The number of aromatic nitrogens is 4. The minimum Gasteiger partial charge on any atom is -0.497 e. The molecule has 0 bridgehead atoms. The van der Waals surface area contributed by atoms with Crippen LogP contribution in [0.1, 0.15) is 77.5 Å². The standard InChI is InChI=1S/C35H37Cl3FN5O4S.C26H27Cl3FN5O2S.C17H20O4.CH2O2/c1-21-7-6-8-23(13-21)34-18-29(43(2)3)28(17-32(34)35(34,37)38)42-27-16-26(39)31(15-25(27)36)49(45,46)44(33-11-12-40-20-41-33)19-22-9-10-24(47-4)14-30(22)48-5;1-15-5-4-6-16(9-15)25-13-21(35(2)3)20(12-23(25)26(25,28)29)33-19-11-18(30)22(10-17(19)27)38(36,37)34-24-7-8-31-14-32-24;1-11-5-4-6-12(9-11)13-7-8-14(16(18)20-2)15(10-13)17(19)21-3;2-1-3/h6-16,20,28-29,32,42H,17-19H2,1-5H3;4-11,14,20-21,23,33H,12-13H2,1-3H3,(H,31,32,34);4-7,9,14-15H,8,10H2,1-3H3;1H,(H,2,3)/t28-,29-,32+,34+;20-,21-,23+,25+;14-,15-;/m000./s1. The molecule has 5 aliphatic carbocycles. The molecule has 5 aliphatic rings. The van der Waals surface area contributed by atoms with Gasteiger partial charge in [0.1, 0.15) is 65.9 Å². The van der Waals surface area contributed by atoms with E-state index >= 15 is 8.78 Å². The normalized spacial score (nSPS) is 23.1. The molecule has 2 heterocycles. The maximum Gasteiger partial charge on any atom is 0.309 e. The van der Waals surface area contributed by atoms with Gasteiger partial charge in [0.25, 0.3) is 26.5 Å². The van der Waals surface area contributed by atoms with Gasteiger partial charge in [-0.2, -0.15) is 0 Å². The SMILES string of the molecule is COC(=O)[C@H]1CC=C(c2cccc(C)c2)C[C@@H]1C(=O)OC.COc1ccc(CN(c2ccncn2)S(=O)(=O)c2cc(Cl)c(N[C@H]3C[C@H]4C(Cl)(Cl)[C@@]4(c4cccc(C)c4)C[C@@H]3N(C)C)cc2F)c(OC)c1.Cc1cccc([C@]23C[C@H](N(C)C)[C@@H](Nc4cc(F)c(S(=O)(=O)Nc5ccncn5)cc4Cl)C[C@H]2C3(Cl)Cl)c1.O=CO. The Morgan fingerprint density at radius 1 is 0.631 bits per heavy atom. The van der Waals surface area contributed by atoms with E-state index in [4.69, 9.17) is 98.5 Å². The van der Waals surface area contributed by atoms with Gasteiger partial charge in [0, 0.05) is 76.9 Å². The van der Waals surface area contributed by atoms with Crippen LogP contribution in [0.2, 0.25) is 10.0 Å². The second-order valence-electron chi connectivity index (χ2n) is 28.4. The fourth-order valence-corrected chi connectivity index (χ4v) is 21.0. The zero-order valence-electron chi connectivity index (χ0n) is 62.6. The number of likely N-dealkylation sites (N-methyl/N-ethyl adjacent to an activating group) is 2. The number of carboxylic acid groups (broad SMARTS) is 1. The van der Waals surface area contributed by atoms with Gasteiger partial charge in [-0.25, -0.2) is 49.9 Å². The summed E-state index contributed by atoms with van der Waals surface area (Å²) in [5, 5.41) is 13.8. The summed E-state index contributed by atoms with van der Waals surface area (Å²) >= 11 is 41.2. The Bertz CT molecular complexity index is 4990. The number of esters is 2. The van der Waals surface area contributed by atoms with E-state index in [-0.39, 0.29) is 88.3 Å². The maximum absolute atomic E-state index is 16.1. The third kappa shape index (κ3) is 17.8. The van der Waals surface area contributed by atoms with Crippen LogP contribution in [0.5, 0.6) is 11.5 Å². The number of nitrogens with zero attached hydrogens (tertiary/aromatic N) is 7. The van der Waals surface area contributed by atoms with Gasteiger partial charge in [-0.3, -0.25) is 19.1 Å². The molecule has 2 aromatic heterocycles. The first-order chi connectivity index (χ1) is 52.6. The van der Waals surface area contributed by atoms with Crippen LogP contribution in [0.15, 0.2) is 168 Å². The van der Waals surface area contributed by atoms with E-state index in [0.717, 1.165) is 67.5 Å². The molecule has 0 spiro atoms. The number of aryl methyl sites for hydroxylation is 3. The zero-order chi connectivity index (χ0) is 80.9. The van der Waals surface area contributed by atoms with E-state index in [2.05, 4.69) is 75.4 Å². The molecule has 8 aromatic rings. The lowest BCUT2D eigenvalue weighted by molar-refractivity contribution is -0.157. The largest absolute Gasteiger partial charge is 0.497 e. The van der Waals surface area contributed by atoms with Gasteiger partial charge in [-0.15, -0.1) is 46.4 Å². The topological polar surface area (TPSA) is 274 Å². The van der Waals surface area contributed by atoms with Crippen LogP contribution in [0.25, 0.3) is 5.57 Å². The summed E-state index contributed by atoms with van der Waals surface area (Å²) in [5.74, 6) is -2.70. The Kier molecular flexibility index (Phi) is 26.9. The molecule has 13 rings (SSSR count). The second kappa shape index (κ2) is 35.1. The number of hydrogen-bond donors (Lipinski definition) is 4. The molecule has 592 valence electrons. The van der Waals surface area contributed by atoms with Crippen LogP contribution in [0, 0.1) is 56.1 Å². The van der Waals surface area contributed by atoms with Crippen molar-refractivity contribution >= 4 is 137 Å². The molecule has 0 unspecified atom stereocenters. The molecule has 10 atom stereocenters. The fraction of sp³-hybridized carbons (Fsp3) is 0.380. The predicted octanol–water partition coefficient (Wildman–Crippen LogP) is 15.3. The smallest absolute Gasteiger partial charge is 0.309 e. The Morgan fingerprint density at radius 3 is 1.59 bits per heavy atom. The number of halogens is 8. The lowest BCUT2D eigenvalue weighted by Crippen LogP contribution is -2.49. The van der Waals surface area contributed by atoms with Crippen LogP contribution in [0.4, 0.5) is 31.8 Å². The van der Waals surface area contributed by atoms with E-state index in [9.17, 15) is 26.4 Å². The van der Waals surface area contributed by atoms with Gasteiger partial charge in [-0.05, 0) is 152 Å². The predicted molar refractivity (Wildman–Crippen MR) is 429 cm³/mol. The first-order valence-electron chi connectivity index (χ1n) is 35.1. The van der Waals surface area contributed by atoms with Crippen molar-refractivity contribution in [2.75, 3.05) is 76.3 Å². The third-order valence-electron chi connectivity index (χ3n) is 21.4. The highest BCUT2D eigenvalue weighted by molar-refractivity contribution is 7.93. The number of carbonyl (C=O) groups is 3. The van der Waals surface area contributed by atoms with Gasteiger partial charge >= 0.3 is 11.9 Å². The van der Waals surface area contributed by atoms with E-state index in [1.54, 1.807) is 18.2 Å². The molecular weight excluding hydrogens is 1600 g/mol. The second-order valence-corrected chi connectivity index (χ2v) is 35.4. The highest BCUT2D eigenvalue weighted by atomic mass is 35.5. The summed E-state index contributed by atoms with van der Waals surface area (Å²) in [6, 6.07) is 36.5. The average molecular weight is 1680 g/mol. The van der Waals surface area contributed by atoms with E-state index < -0.39 is 72.8 Å². The van der Waals surface area contributed by atoms with Crippen molar-refractivity contribution in [3.05, 3.63) is 219 Å². The Hall–Kier alpha value is -8.15. The van der Waals surface area contributed by atoms with Crippen LogP contribution in [0.3, 0.4) is 0 Å². The molecule has 0 saturated heterocycles. The minimum absolute atomic E-state index is 0.00638. The van der Waals surface area contributed by atoms with Gasteiger partial charge in [0.05, 0.1) is 68.2 Å². The first-order valence-corrected chi connectivity index (χ1v) is 40.3. The quantitative estimate of drug-likeness (QED) is 0.0296. The lowest BCUT2D eigenvalue weighted by atomic mass is 9.77. The summed E-state index contributed by atoms with van der Waals surface area (Å²) in [6.07, 6.45) is 10.8. The minimum atomic E-state index is -4.55. The summed E-state index contributed by atoms with van der Waals surface area (Å²) < 4.78 is 107. The van der Waals surface area contributed by atoms with Crippen molar-refractivity contribution in [1.82, 2.24) is 29.7 Å². The zero-order valence-corrected chi connectivity index (χ0v) is 68.7. The van der Waals surface area contributed by atoms with Gasteiger partial charge < -0.3 is 44.5 Å². The number of allylic oxidation sites excluding steroid dienone is 2. The maximum atomic E-state index is 16.1. The molecule has 32 heteroatoms. The van der Waals surface area contributed by atoms with Crippen molar-refractivity contribution < 1.29 is 64.1 Å². The number of hydrogen-bond acceptors (Lipinski definition) is 19. The van der Waals surface area contributed by atoms with Crippen molar-refractivity contribution in [2.45, 2.75) is 119 Å². The molecule has 111 heavy (non-hydrogen) atoms. The van der Waals surface area contributed by atoms with Crippen molar-refractivity contribution in [1.29, 1.82) is 0 Å². The monoisotopic (exact) mass is 1680 g/mol. The summed E-state index contributed by atoms with van der Waals surface area (Å²) in [7, 11) is 4.76. The summed E-state index contributed by atoms with van der Waals surface area (Å²) in [4.78, 5) is 50.8. The third-order valence-corrected chi connectivity index (χ3v) is 27.6. The molecule has 0 radical (unpaired) electrons. The number of carbonyl (C=O) groups excluding carboxylic acids is 2. The number of nitrogens with one attached hydrogen (secondary N) is 3. The Labute approximate surface area is 675 Å². The van der Waals surface area contributed by atoms with Crippen LogP contribution in [-0.2, 0) is 61.3 Å². The number of anilines is 4. The number of rotatable bonds is 21. The van der Waals surface area contributed by atoms with E-state index in [1.165, 1.54) is 65.6 Å². The van der Waals surface area contributed by atoms with Gasteiger partial charge in [0.15, 0.2) is 0 Å². The Morgan fingerprint density at radius 2 is 1.13 bits per heavy atom. The number of benzene rings is 6. The molecule has 0 aliphatic heterocycles. The van der Waals surface area contributed by atoms with E-state index in [0.29, 0.717) is 61.3 Å². The van der Waals surface area contributed by atoms with Gasteiger partial charge in [0.2, 0.25) is 0 Å². The molecule has 4 N–H and O–H groups in total. The highest BCUT2D eigenvalue weighted by Crippen LogP contribution is 2.76.